The van der Waals surface area contributed by atoms with Gasteiger partial charge in [0.05, 0.1) is 17.5 Å². The van der Waals surface area contributed by atoms with E-state index in [2.05, 4.69) is 26.1 Å². The summed E-state index contributed by atoms with van der Waals surface area (Å²) in [5.41, 5.74) is 0.452. The van der Waals surface area contributed by atoms with Gasteiger partial charge in [0.1, 0.15) is 11.6 Å². The molecule has 0 radical (unpaired) electrons. The number of halogens is 2. The monoisotopic (exact) mass is 313 g/mol. The second-order valence-corrected chi connectivity index (χ2v) is 4.26. The van der Waals surface area contributed by atoms with E-state index < -0.39 is 0 Å². The molecule has 0 saturated carbocycles. The van der Waals surface area contributed by atoms with Gasteiger partial charge in [-0.25, -0.2) is 4.39 Å². The highest BCUT2D eigenvalue weighted by atomic mass is 79.9. The molecule has 4 nitrogen and oxygen atoms in total. The van der Waals surface area contributed by atoms with Gasteiger partial charge in [0.25, 0.3) is 0 Å². The number of alkyl halides is 1. The van der Waals surface area contributed by atoms with Crippen LogP contribution in [0.1, 0.15) is 5.82 Å². The molecule has 0 N–H and O–H groups in total. The van der Waals surface area contributed by atoms with Crippen molar-refractivity contribution < 1.29 is 9.13 Å². The SMILES string of the molecule is COCCn1c(CBr)nnc1-c1ccccc1F. The number of hydrogen-bond donors (Lipinski definition) is 0. The largest absolute Gasteiger partial charge is 0.383 e. The maximum absolute atomic E-state index is 13.8. The molecule has 0 bridgehead atoms. The third-order valence-electron chi connectivity index (χ3n) is 2.58. The molecule has 0 aliphatic carbocycles. The van der Waals surface area contributed by atoms with Crippen LogP contribution in [-0.4, -0.2) is 28.5 Å². The molecule has 0 aliphatic heterocycles. The molecular weight excluding hydrogens is 301 g/mol. The predicted molar refractivity (Wildman–Crippen MR) is 69.9 cm³/mol. The molecule has 0 aliphatic rings. The second kappa shape index (κ2) is 6.06. The summed E-state index contributed by atoms with van der Waals surface area (Å²) in [5, 5.41) is 8.67. The number of aromatic nitrogens is 3. The van der Waals surface area contributed by atoms with Crippen LogP contribution in [0.25, 0.3) is 11.4 Å². The summed E-state index contributed by atoms with van der Waals surface area (Å²) in [6.07, 6.45) is 0. The number of ether oxygens (including phenoxy) is 1. The van der Waals surface area contributed by atoms with E-state index in [0.717, 1.165) is 5.82 Å². The number of methoxy groups -OCH3 is 1. The summed E-state index contributed by atoms with van der Waals surface area (Å²) < 4.78 is 20.7. The molecule has 96 valence electrons. The highest BCUT2D eigenvalue weighted by Gasteiger charge is 2.15. The van der Waals surface area contributed by atoms with Gasteiger partial charge in [0, 0.05) is 13.7 Å². The summed E-state index contributed by atoms with van der Waals surface area (Å²) in [6.45, 7) is 1.12. The maximum atomic E-state index is 13.8. The normalized spacial score (nSPS) is 10.8. The standard InChI is InChI=1S/C12H13BrFN3O/c1-18-7-6-17-11(8-13)15-16-12(17)9-4-2-3-5-10(9)14/h2-5H,6-8H2,1H3. The lowest BCUT2D eigenvalue weighted by Crippen LogP contribution is -2.09. The van der Waals surface area contributed by atoms with Crippen molar-refractivity contribution >= 4 is 15.9 Å². The summed E-state index contributed by atoms with van der Waals surface area (Å²) >= 11 is 3.35. The minimum Gasteiger partial charge on any atom is -0.383 e. The molecule has 0 amide bonds. The van der Waals surface area contributed by atoms with Crippen LogP contribution in [0.2, 0.25) is 0 Å². The number of benzene rings is 1. The molecule has 0 atom stereocenters. The van der Waals surface area contributed by atoms with Crippen LogP contribution in [-0.2, 0) is 16.6 Å². The number of hydrogen-bond acceptors (Lipinski definition) is 3. The Bertz CT molecular complexity index is 530. The van der Waals surface area contributed by atoms with Crippen molar-refractivity contribution in [3.63, 3.8) is 0 Å². The zero-order valence-electron chi connectivity index (χ0n) is 9.94. The van der Waals surface area contributed by atoms with Crippen molar-refractivity contribution in [2.45, 2.75) is 11.9 Å². The van der Waals surface area contributed by atoms with Gasteiger partial charge in [0.15, 0.2) is 5.82 Å². The fraction of sp³-hybridized carbons (Fsp3) is 0.333. The average Bonchev–Trinajstić information content (AvgIpc) is 2.79. The minimum absolute atomic E-state index is 0.301. The topological polar surface area (TPSA) is 39.9 Å². The zero-order chi connectivity index (χ0) is 13.0. The molecule has 1 aromatic carbocycles. The first-order valence-corrected chi connectivity index (χ1v) is 6.62. The van der Waals surface area contributed by atoms with Crippen molar-refractivity contribution in [2.24, 2.45) is 0 Å². The maximum Gasteiger partial charge on any atom is 0.167 e. The number of rotatable bonds is 5. The van der Waals surface area contributed by atoms with E-state index in [1.165, 1.54) is 6.07 Å². The Labute approximate surface area is 113 Å². The van der Waals surface area contributed by atoms with E-state index in [1.807, 2.05) is 4.57 Å². The Kier molecular flexibility index (Phi) is 4.43. The minimum atomic E-state index is -0.301. The van der Waals surface area contributed by atoms with Crippen molar-refractivity contribution in [3.8, 4) is 11.4 Å². The van der Waals surface area contributed by atoms with Crippen LogP contribution < -0.4 is 0 Å². The van der Waals surface area contributed by atoms with E-state index in [9.17, 15) is 4.39 Å². The Morgan fingerprint density at radius 1 is 1.33 bits per heavy atom. The molecule has 1 heterocycles. The van der Waals surface area contributed by atoms with Gasteiger partial charge in [-0.05, 0) is 12.1 Å². The van der Waals surface area contributed by atoms with Crippen LogP contribution in [0.5, 0.6) is 0 Å². The smallest absolute Gasteiger partial charge is 0.167 e. The molecular formula is C12H13BrFN3O. The molecule has 6 heteroatoms. The van der Waals surface area contributed by atoms with Gasteiger partial charge >= 0.3 is 0 Å². The lowest BCUT2D eigenvalue weighted by atomic mass is 10.2. The number of nitrogens with zero attached hydrogens (tertiary/aromatic N) is 3. The fourth-order valence-electron chi connectivity index (χ4n) is 1.69. The third kappa shape index (κ3) is 2.59. The predicted octanol–water partition coefficient (Wildman–Crippen LogP) is 2.63. The van der Waals surface area contributed by atoms with E-state index in [4.69, 9.17) is 4.74 Å². The van der Waals surface area contributed by atoms with E-state index in [1.54, 1.807) is 25.3 Å². The van der Waals surface area contributed by atoms with Crippen LogP contribution in [0.15, 0.2) is 24.3 Å². The summed E-state index contributed by atoms with van der Waals surface area (Å²) in [7, 11) is 1.63. The lowest BCUT2D eigenvalue weighted by Gasteiger charge is -2.09. The van der Waals surface area contributed by atoms with Gasteiger partial charge in [-0.2, -0.15) is 0 Å². The van der Waals surface area contributed by atoms with Crippen molar-refractivity contribution in [1.29, 1.82) is 0 Å². The van der Waals surface area contributed by atoms with Crippen molar-refractivity contribution in [3.05, 3.63) is 35.9 Å². The first-order chi connectivity index (χ1) is 8.77. The van der Waals surface area contributed by atoms with Gasteiger partial charge in [0.2, 0.25) is 0 Å². The highest BCUT2D eigenvalue weighted by Crippen LogP contribution is 2.22. The average molecular weight is 314 g/mol. The lowest BCUT2D eigenvalue weighted by molar-refractivity contribution is 0.187. The molecule has 18 heavy (non-hydrogen) atoms. The van der Waals surface area contributed by atoms with Crippen LogP contribution in [0.4, 0.5) is 4.39 Å². The van der Waals surface area contributed by atoms with E-state index in [0.29, 0.717) is 29.9 Å². The first kappa shape index (κ1) is 13.2. The first-order valence-electron chi connectivity index (χ1n) is 5.49. The Morgan fingerprint density at radius 3 is 2.78 bits per heavy atom. The van der Waals surface area contributed by atoms with Gasteiger partial charge in [-0.1, -0.05) is 28.1 Å². The molecule has 1 aromatic heterocycles. The molecule has 2 rings (SSSR count). The van der Waals surface area contributed by atoms with Gasteiger partial charge in [-0.15, -0.1) is 10.2 Å². The summed E-state index contributed by atoms with van der Waals surface area (Å²) in [6, 6.07) is 6.54. The fourth-order valence-corrected chi connectivity index (χ4v) is 2.11. The summed E-state index contributed by atoms with van der Waals surface area (Å²) in [4.78, 5) is 0. The summed E-state index contributed by atoms with van der Waals surface area (Å²) in [5.74, 6) is 0.981. The van der Waals surface area contributed by atoms with E-state index >= 15 is 0 Å². The Balaban J connectivity index is 2.44. The molecule has 2 aromatic rings. The van der Waals surface area contributed by atoms with Crippen LogP contribution in [0.3, 0.4) is 0 Å². The Hall–Kier alpha value is -1.27. The van der Waals surface area contributed by atoms with Crippen LogP contribution >= 0.6 is 15.9 Å². The van der Waals surface area contributed by atoms with Crippen LogP contribution in [0, 0.1) is 5.82 Å². The third-order valence-corrected chi connectivity index (χ3v) is 3.08. The van der Waals surface area contributed by atoms with Gasteiger partial charge < -0.3 is 9.30 Å². The quantitative estimate of drug-likeness (QED) is 0.797. The second-order valence-electron chi connectivity index (χ2n) is 3.70. The van der Waals surface area contributed by atoms with Crippen molar-refractivity contribution in [1.82, 2.24) is 14.8 Å². The molecule has 0 spiro atoms. The van der Waals surface area contributed by atoms with E-state index in [-0.39, 0.29) is 5.82 Å². The molecule has 0 unspecified atom stereocenters. The molecule has 0 saturated heterocycles. The molecule has 0 fully saturated rings. The van der Waals surface area contributed by atoms with Gasteiger partial charge in [-0.3, -0.25) is 0 Å². The zero-order valence-corrected chi connectivity index (χ0v) is 11.5. The highest BCUT2D eigenvalue weighted by molar-refractivity contribution is 9.08. The van der Waals surface area contributed by atoms with Crippen molar-refractivity contribution in [2.75, 3.05) is 13.7 Å². The Morgan fingerprint density at radius 2 is 2.11 bits per heavy atom.